The van der Waals surface area contributed by atoms with Crippen molar-refractivity contribution in [1.29, 1.82) is 0 Å². The summed E-state index contributed by atoms with van der Waals surface area (Å²) in [7, 11) is 0. The van der Waals surface area contributed by atoms with Crippen molar-refractivity contribution < 1.29 is 9.72 Å². The number of aromatic nitrogens is 4. The lowest BCUT2D eigenvalue weighted by atomic mass is 10.1. The van der Waals surface area contributed by atoms with E-state index < -0.39 is 4.92 Å². The average molecular weight is 406 g/mol. The predicted molar refractivity (Wildman–Crippen MR) is 109 cm³/mol. The average Bonchev–Trinajstić information content (AvgIpc) is 3.20. The van der Waals surface area contributed by atoms with Gasteiger partial charge in [0.1, 0.15) is 0 Å². The topological polar surface area (TPSA) is 116 Å². The lowest BCUT2D eigenvalue weighted by Gasteiger charge is -2.08. The van der Waals surface area contributed by atoms with Gasteiger partial charge in [-0.3, -0.25) is 14.9 Å². The summed E-state index contributed by atoms with van der Waals surface area (Å²) >= 11 is 1.18. The van der Waals surface area contributed by atoms with Gasteiger partial charge in [0, 0.05) is 23.2 Å². The maximum absolute atomic E-state index is 12.3. The SMILES string of the molecule is O=C(CSc1nnnn1-c1cccc2ccccc12)Nc1cccc([N+](=O)[O-])c1. The van der Waals surface area contributed by atoms with Crippen molar-refractivity contribution in [2.24, 2.45) is 0 Å². The van der Waals surface area contributed by atoms with E-state index in [1.165, 1.54) is 30.0 Å². The van der Waals surface area contributed by atoms with Gasteiger partial charge in [0.25, 0.3) is 5.69 Å². The molecule has 1 heterocycles. The lowest BCUT2D eigenvalue weighted by Crippen LogP contribution is -2.14. The van der Waals surface area contributed by atoms with Gasteiger partial charge in [-0.25, -0.2) is 0 Å². The van der Waals surface area contributed by atoms with Gasteiger partial charge in [0.05, 0.1) is 16.4 Å². The fourth-order valence-corrected chi connectivity index (χ4v) is 3.52. The summed E-state index contributed by atoms with van der Waals surface area (Å²) in [4.78, 5) is 22.6. The molecular formula is C19H14N6O3S. The van der Waals surface area contributed by atoms with Crippen LogP contribution < -0.4 is 5.32 Å². The van der Waals surface area contributed by atoms with E-state index in [0.717, 1.165) is 16.5 Å². The first-order chi connectivity index (χ1) is 14.1. The van der Waals surface area contributed by atoms with Crippen LogP contribution in [0.15, 0.2) is 71.9 Å². The van der Waals surface area contributed by atoms with Crippen molar-refractivity contribution in [2.45, 2.75) is 5.16 Å². The molecule has 0 atom stereocenters. The van der Waals surface area contributed by atoms with Gasteiger partial charge in [0.2, 0.25) is 11.1 Å². The number of hydrogen-bond acceptors (Lipinski definition) is 7. The second-order valence-electron chi connectivity index (χ2n) is 6.02. The Morgan fingerprint density at radius 1 is 1.10 bits per heavy atom. The van der Waals surface area contributed by atoms with Crippen LogP contribution in [0.5, 0.6) is 0 Å². The van der Waals surface area contributed by atoms with Crippen molar-refractivity contribution in [3.63, 3.8) is 0 Å². The highest BCUT2D eigenvalue weighted by molar-refractivity contribution is 7.99. The molecule has 4 aromatic rings. The number of anilines is 1. The van der Waals surface area contributed by atoms with Crippen molar-refractivity contribution in [1.82, 2.24) is 20.2 Å². The van der Waals surface area contributed by atoms with E-state index in [0.29, 0.717) is 10.8 Å². The van der Waals surface area contributed by atoms with Crippen LogP contribution in [0.1, 0.15) is 0 Å². The fourth-order valence-electron chi connectivity index (χ4n) is 2.84. The number of hydrogen-bond donors (Lipinski definition) is 1. The standard InChI is InChI=1S/C19H14N6O3S/c26-18(20-14-7-4-8-15(11-14)25(27)28)12-29-19-21-22-23-24(19)17-10-3-6-13-5-1-2-9-16(13)17/h1-11H,12H2,(H,20,26). The molecule has 0 aliphatic heterocycles. The number of benzene rings is 3. The highest BCUT2D eigenvalue weighted by atomic mass is 32.2. The van der Waals surface area contributed by atoms with E-state index >= 15 is 0 Å². The third kappa shape index (κ3) is 4.06. The Kier molecular flexibility index (Phi) is 5.16. The number of nitro groups is 1. The predicted octanol–water partition coefficient (Wildman–Crippen LogP) is 3.45. The van der Waals surface area contributed by atoms with Gasteiger partial charge in [-0.1, -0.05) is 54.2 Å². The summed E-state index contributed by atoms with van der Waals surface area (Å²) in [5.74, 6) is -0.267. The van der Waals surface area contributed by atoms with Crippen LogP contribution in [0, 0.1) is 10.1 Å². The molecule has 4 rings (SSSR count). The molecule has 1 N–H and O–H groups in total. The molecule has 0 radical (unpaired) electrons. The summed E-state index contributed by atoms with van der Waals surface area (Å²) in [6.45, 7) is 0. The summed E-state index contributed by atoms with van der Waals surface area (Å²) in [5, 5.41) is 27.8. The van der Waals surface area contributed by atoms with Crippen LogP contribution in [-0.2, 0) is 4.79 Å². The normalized spacial score (nSPS) is 10.8. The maximum Gasteiger partial charge on any atom is 0.271 e. The zero-order chi connectivity index (χ0) is 20.2. The van der Waals surface area contributed by atoms with Crippen molar-refractivity contribution in [3.05, 3.63) is 76.8 Å². The number of fused-ring (bicyclic) bond motifs is 1. The Hall–Kier alpha value is -3.79. The van der Waals surface area contributed by atoms with Gasteiger partial charge in [0.15, 0.2) is 0 Å². The van der Waals surface area contributed by atoms with Crippen LogP contribution >= 0.6 is 11.8 Å². The third-order valence-corrected chi connectivity index (χ3v) is 5.03. The minimum absolute atomic E-state index is 0.0494. The summed E-state index contributed by atoms with van der Waals surface area (Å²) in [6, 6.07) is 19.5. The molecule has 0 aliphatic carbocycles. The lowest BCUT2D eigenvalue weighted by molar-refractivity contribution is -0.384. The highest BCUT2D eigenvalue weighted by Crippen LogP contribution is 2.25. The van der Waals surface area contributed by atoms with Crippen molar-refractivity contribution in [3.8, 4) is 5.69 Å². The van der Waals surface area contributed by atoms with Crippen molar-refractivity contribution in [2.75, 3.05) is 11.1 Å². The van der Waals surface area contributed by atoms with E-state index in [2.05, 4.69) is 20.8 Å². The molecule has 0 aliphatic rings. The molecule has 144 valence electrons. The molecular weight excluding hydrogens is 392 g/mol. The molecule has 0 fully saturated rings. The van der Waals surface area contributed by atoms with Crippen LogP contribution in [-0.4, -0.2) is 36.8 Å². The summed E-state index contributed by atoms with van der Waals surface area (Å²) in [5.41, 5.74) is 1.09. The Balaban J connectivity index is 1.49. The van der Waals surface area contributed by atoms with E-state index in [9.17, 15) is 14.9 Å². The number of nitrogens with zero attached hydrogens (tertiary/aromatic N) is 5. The molecule has 0 saturated carbocycles. The smallest absolute Gasteiger partial charge is 0.271 e. The van der Waals surface area contributed by atoms with Crippen LogP contribution in [0.3, 0.4) is 0 Å². The molecule has 29 heavy (non-hydrogen) atoms. The molecule has 0 bridgehead atoms. The number of amides is 1. The zero-order valence-corrected chi connectivity index (χ0v) is 15.7. The Bertz CT molecular complexity index is 1200. The Morgan fingerprint density at radius 2 is 1.90 bits per heavy atom. The summed E-state index contributed by atoms with van der Waals surface area (Å²) in [6.07, 6.45) is 0. The van der Waals surface area contributed by atoms with Crippen LogP contribution in [0.4, 0.5) is 11.4 Å². The van der Waals surface area contributed by atoms with Crippen LogP contribution in [0.2, 0.25) is 0 Å². The molecule has 3 aromatic carbocycles. The van der Waals surface area contributed by atoms with Gasteiger partial charge in [-0.2, -0.15) is 4.68 Å². The largest absolute Gasteiger partial charge is 0.325 e. The summed E-state index contributed by atoms with van der Waals surface area (Å²) < 4.78 is 1.59. The minimum Gasteiger partial charge on any atom is -0.325 e. The quantitative estimate of drug-likeness (QED) is 0.296. The number of non-ortho nitro benzene ring substituents is 1. The molecule has 0 spiro atoms. The first-order valence-corrected chi connectivity index (χ1v) is 9.54. The third-order valence-electron chi connectivity index (χ3n) is 4.11. The first kappa shape index (κ1) is 18.6. The second kappa shape index (κ2) is 8.07. The molecule has 0 unspecified atom stereocenters. The van der Waals surface area contributed by atoms with E-state index in [1.54, 1.807) is 10.7 Å². The van der Waals surface area contributed by atoms with Gasteiger partial charge >= 0.3 is 0 Å². The van der Waals surface area contributed by atoms with Crippen molar-refractivity contribution >= 4 is 39.8 Å². The maximum atomic E-state index is 12.3. The van der Waals surface area contributed by atoms with Gasteiger partial charge in [-0.15, -0.1) is 5.10 Å². The monoisotopic (exact) mass is 406 g/mol. The molecule has 1 amide bonds. The number of carbonyl (C=O) groups is 1. The number of tetrazole rings is 1. The molecule has 0 saturated heterocycles. The van der Waals surface area contributed by atoms with Crippen LogP contribution in [0.25, 0.3) is 16.5 Å². The van der Waals surface area contributed by atoms with E-state index in [4.69, 9.17) is 0 Å². The zero-order valence-electron chi connectivity index (χ0n) is 14.9. The number of thioether (sulfide) groups is 1. The Morgan fingerprint density at radius 3 is 2.76 bits per heavy atom. The fraction of sp³-hybridized carbons (Fsp3) is 0.0526. The van der Waals surface area contributed by atoms with Gasteiger partial charge in [-0.05, 0) is 27.9 Å². The highest BCUT2D eigenvalue weighted by Gasteiger charge is 2.14. The van der Waals surface area contributed by atoms with Gasteiger partial charge < -0.3 is 5.32 Å². The number of carbonyl (C=O) groups excluding carboxylic acids is 1. The van der Waals surface area contributed by atoms with E-state index in [1.807, 2.05) is 42.5 Å². The number of nitrogens with one attached hydrogen (secondary N) is 1. The molecule has 10 heteroatoms. The van der Waals surface area contributed by atoms with E-state index in [-0.39, 0.29) is 17.3 Å². The minimum atomic E-state index is -0.511. The first-order valence-electron chi connectivity index (χ1n) is 8.55. The Labute approximate surface area is 168 Å². The molecule has 9 nitrogen and oxygen atoms in total. The molecule has 1 aromatic heterocycles. The second-order valence-corrected chi connectivity index (χ2v) is 6.96. The number of nitro benzene ring substituents is 1. The number of rotatable bonds is 6.